The quantitative estimate of drug-likeness (QED) is 0.755. The number of nitrogens with zero attached hydrogens (tertiary/aromatic N) is 1. The molecule has 2 nitrogen and oxygen atoms in total. The van der Waals surface area contributed by atoms with Crippen LogP contribution in [0.3, 0.4) is 0 Å². The Balaban J connectivity index is 2.67. The molecule has 1 rings (SSSR count). The fourth-order valence-corrected chi connectivity index (χ4v) is 1.47. The number of aromatic amines is 1. The van der Waals surface area contributed by atoms with Gasteiger partial charge in [0, 0.05) is 12.1 Å². The number of nitrogens with one attached hydrogen (secondary N) is 1. The van der Waals surface area contributed by atoms with Gasteiger partial charge in [-0.25, -0.2) is 4.98 Å². The van der Waals surface area contributed by atoms with Crippen molar-refractivity contribution in [1.29, 1.82) is 0 Å². The predicted molar refractivity (Wildman–Crippen MR) is 56.0 cm³/mol. The smallest absolute Gasteiger partial charge is 0.109 e. The summed E-state index contributed by atoms with van der Waals surface area (Å²) in [7, 11) is 0. The van der Waals surface area contributed by atoms with E-state index in [1.807, 2.05) is 6.20 Å². The summed E-state index contributed by atoms with van der Waals surface area (Å²) >= 11 is 0. The van der Waals surface area contributed by atoms with Crippen LogP contribution in [0.2, 0.25) is 0 Å². The summed E-state index contributed by atoms with van der Waals surface area (Å²) in [6, 6.07) is 0. The first kappa shape index (κ1) is 10.3. The van der Waals surface area contributed by atoms with Crippen LogP contribution in [-0.4, -0.2) is 9.97 Å². The molecule has 0 spiro atoms. The van der Waals surface area contributed by atoms with E-state index in [0.717, 1.165) is 5.82 Å². The molecule has 1 N–H and O–H groups in total. The Morgan fingerprint density at radius 1 is 1.38 bits per heavy atom. The van der Waals surface area contributed by atoms with Gasteiger partial charge in [-0.3, -0.25) is 0 Å². The number of aromatic nitrogens is 2. The first-order valence-corrected chi connectivity index (χ1v) is 5.20. The van der Waals surface area contributed by atoms with Gasteiger partial charge in [-0.15, -0.1) is 0 Å². The van der Waals surface area contributed by atoms with Crippen molar-refractivity contribution in [3.8, 4) is 0 Å². The van der Waals surface area contributed by atoms with Gasteiger partial charge in [0.1, 0.15) is 5.82 Å². The van der Waals surface area contributed by atoms with Crippen molar-refractivity contribution < 1.29 is 0 Å². The summed E-state index contributed by atoms with van der Waals surface area (Å²) in [5, 5.41) is 0. The van der Waals surface area contributed by atoms with Gasteiger partial charge in [-0.1, -0.05) is 34.1 Å². The maximum Gasteiger partial charge on any atom is 0.109 e. The van der Waals surface area contributed by atoms with Gasteiger partial charge in [0.15, 0.2) is 0 Å². The van der Waals surface area contributed by atoms with Crippen molar-refractivity contribution in [2.45, 2.75) is 52.4 Å². The van der Waals surface area contributed by atoms with E-state index in [1.54, 1.807) is 0 Å². The standard InChI is InChI=1S/C11H20N2/c1-5-6-9(4)11-12-7-10(13-11)8(2)3/h7-9H,5-6H2,1-4H3,(H,12,13). The summed E-state index contributed by atoms with van der Waals surface area (Å²) < 4.78 is 0. The van der Waals surface area contributed by atoms with Gasteiger partial charge >= 0.3 is 0 Å². The Morgan fingerprint density at radius 2 is 2.08 bits per heavy atom. The average Bonchev–Trinajstić information content (AvgIpc) is 2.52. The molecule has 0 saturated carbocycles. The molecule has 0 bridgehead atoms. The number of rotatable bonds is 4. The zero-order valence-corrected chi connectivity index (χ0v) is 9.09. The van der Waals surface area contributed by atoms with Crippen LogP contribution in [-0.2, 0) is 0 Å². The van der Waals surface area contributed by atoms with E-state index in [9.17, 15) is 0 Å². The number of H-pyrrole nitrogens is 1. The SMILES string of the molecule is CCCC(C)c1nc(C(C)C)c[nH]1. The lowest BCUT2D eigenvalue weighted by atomic mass is 10.1. The summed E-state index contributed by atoms with van der Waals surface area (Å²) in [5.74, 6) is 2.24. The van der Waals surface area contributed by atoms with Gasteiger partial charge < -0.3 is 4.98 Å². The molecule has 1 aromatic rings. The maximum absolute atomic E-state index is 4.57. The van der Waals surface area contributed by atoms with E-state index >= 15 is 0 Å². The van der Waals surface area contributed by atoms with Crippen molar-refractivity contribution in [1.82, 2.24) is 9.97 Å². The lowest BCUT2D eigenvalue weighted by Gasteiger charge is -2.05. The molecule has 0 aliphatic carbocycles. The predicted octanol–water partition coefficient (Wildman–Crippen LogP) is 3.44. The van der Waals surface area contributed by atoms with Gasteiger partial charge in [-0.05, 0) is 12.3 Å². The molecular weight excluding hydrogens is 160 g/mol. The minimum absolute atomic E-state index is 0.527. The second kappa shape index (κ2) is 4.45. The Labute approximate surface area is 80.8 Å². The summed E-state index contributed by atoms with van der Waals surface area (Å²) in [5.41, 5.74) is 1.18. The molecule has 1 atom stereocenters. The van der Waals surface area contributed by atoms with Crippen molar-refractivity contribution in [3.05, 3.63) is 17.7 Å². The molecule has 2 heteroatoms. The van der Waals surface area contributed by atoms with Crippen molar-refractivity contribution in [2.75, 3.05) is 0 Å². The maximum atomic E-state index is 4.57. The van der Waals surface area contributed by atoms with E-state index in [1.165, 1.54) is 18.5 Å². The first-order valence-electron chi connectivity index (χ1n) is 5.20. The molecule has 0 radical (unpaired) electrons. The van der Waals surface area contributed by atoms with Crippen LogP contribution >= 0.6 is 0 Å². The first-order chi connectivity index (χ1) is 6.15. The van der Waals surface area contributed by atoms with Gasteiger partial charge in [0.2, 0.25) is 0 Å². The van der Waals surface area contributed by atoms with Crippen LogP contribution in [0.5, 0.6) is 0 Å². The van der Waals surface area contributed by atoms with Gasteiger partial charge in [0.25, 0.3) is 0 Å². The Morgan fingerprint density at radius 3 is 2.54 bits per heavy atom. The van der Waals surface area contributed by atoms with E-state index < -0.39 is 0 Å². The lowest BCUT2D eigenvalue weighted by Crippen LogP contribution is -1.96. The lowest BCUT2D eigenvalue weighted by molar-refractivity contribution is 0.631. The van der Waals surface area contributed by atoms with E-state index in [2.05, 4.69) is 37.7 Å². The highest BCUT2D eigenvalue weighted by molar-refractivity contribution is 5.07. The Kier molecular flexibility index (Phi) is 3.52. The van der Waals surface area contributed by atoms with Crippen LogP contribution in [0.15, 0.2) is 6.20 Å². The summed E-state index contributed by atoms with van der Waals surface area (Å²) in [6.45, 7) is 8.78. The van der Waals surface area contributed by atoms with Crippen LogP contribution in [0.4, 0.5) is 0 Å². The molecule has 1 heterocycles. The Hall–Kier alpha value is -0.790. The minimum atomic E-state index is 0.527. The molecule has 0 saturated heterocycles. The number of hydrogen-bond acceptors (Lipinski definition) is 1. The van der Waals surface area contributed by atoms with Crippen molar-refractivity contribution >= 4 is 0 Å². The minimum Gasteiger partial charge on any atom is -0.348 e. The second-order valence-corrected chi connectivity index (χ2v) is 4.06. The fraction of sp³-hybridized carbons (Fsp3) is 0.727. The molecule has 0 aliphatic rings. The molecule has 0 aromatic carbocycles. The van der Waals surface area contributed by atoms with E-state index in [4.69, 9.17) is 0 Å². The molecule has 0 amide bonds. The van der Waals surface area contributed by atoms with Crippen LogP contribution < -0.4 is 0 Å². The third-order valence-corrected chi connectivity index (χ3v) is 2.40. The largest absolute Gasteiger partial charge is 0.348 e. The van der Waals surface area contributed by atoms with Crippen LogP contribution in [0.25, 0.3) is 0 Å². The van der Waals surface area contributed by atoms with E-state index in [0.29, 0.717) is 11.8 Å². The molecule has 13 heavy (non-hydrogen) atoms. The molecular formula is C11H20N2. The van der Waals surface area contributed by atoms with Crippen LogP contribution in [0.1, 0.15) is 63.9 Å². The van der Waals surface area contributed by atoms with Crippen molar-refractivity contribution in [3.63, 3.8) is 0 Å². The normalized spacial score (nSPS) is 13.6. The molecule has 0 aliphatic heterocycles. The van der Waals surface area contributed by atoms with E-state index in [-0.39, 0.29) is 0 Å². The third kappa shape index (κ3) is 2.58. The van der Waals surface area contributed by atoms with Crippen molar-refractivity contribution in [2.24, 2.45) is 0 Å². The highest BCUT2D eigenvalue weighted by Gasteiger charge is 2.10. The Bertz CT molecular complexity index is 250. The monoisotopic (exact) mass is 180 g/mol. The third-order valence-electron chi connectivity index (χ3n) is 2.40. The van der Waals surface area contributed by atoms with Gasteiger partial charge in [-0.2, -0.15) is 0 Å². The average molecular weight is 180 g/mol. The molecule has 0 fully saturated rings. The zero-order valence-electron chi connectivity index (χ0n) is 9.09. The van der Waals surface area contributed by atoms with Gasteiger partial charge in [0.05, 0.1) is 5.69 Å². The highest BCUT2D eigenvalue weighted by Crippen LogP contribution is 2.19. The number of hydrogen-bond donors (Lipinski definition) is 1. The molecule has 1 unspecified atom stereocenters. The molecule has 1 aromatic heterocycles. The summed E-state index contributed by atoms with van der Waals surface area (Å²) in [4.78, 5) is 7.83. The topological polar surface area (TPSA) is 28.7 Å². The zero-order chi connectivity index (χ0) is 9.84. The number of imidazole rings is 1. The summed E-state index contributed by atoms with van der Waals surface area (Å²) in [6.07, 6.45) is 4.47. The second-order valence-electron chi connectivity index (χ2n) is 4.06. The molecule has 74 valence electrons. The van der Waals surface area contributed by atoms with Crippen LogP contribution in [0, 0.1) is 0 Å². The fourth-order valence-electron chi connectivity index (χ4n) is 1.47. The highest BCUT2D eigenvalue weighted by atomic mass is 14.9.